The Labute approximate surface area is 114 Å². The van der Waals surface area contributed by atoms with Crippen LogP contribution in [0.15, 0.2) is 24.5 Å². The van der Waals surface area contributed by atoms with E-state index in [1.807, 2.05) is 24.5 Å². The first-order valence-corrected chi connectivity index (χ1v) is 8.59. The summed E-state index contributed by atoms with van der Waals surface area (Å²) in [4.78, 5) is 0. The maximum atomic E-state index is 11.7. The van der Waals surface area contributed by atoms with Gasteiger partial charge in [-0.3, -0.25) is 0 Å². The number of rotatable bonds is 5. The molecular formula is C12H20N2O2S2. The fourth-order valence-corrected chi connectivity index (χ4v) is 4.27. The Morgan fingerprint density at radius 2 is 2.00 bits per heavy atom. The summed E-state index contributed by atoms with van der Waals surface area (Å²) in [5, 5.41) is 0.177. The van der Waals surface area contributed by atoms with E-state index < -0.39 is 10.0 Å². The van der Waals surface area contributed by atoms with E-state index in [0.717, 1.165) is 25.8 Å². The van der Waals surface area contributed by atoms with Crippen LogP contribution in [-0.2, 0) is 16.6 Å². The van der Waals surface area contributed by atoms with Crippen molar-refractivity contribution >= 4 is 22.7 Å². The highest BCUT2D eigenvalue weighted by Crippen LogP contribution is 2.27. The van der Waals surface area contributed by atoms with Gasteiger partial charge in [0, 0.05) is 36.8 Å². The number of hydrogen-bond acceptors (Lipinski definition) is 3. The average Bonchev–Trinajstić information content (AvgIpc) is 2.87. The van der Waals surface area contributed by atoms with Gasteiger partial charge in [-0.1, -0.05) is 0 Å². The molecule has 6 heteroatoms. The fourth-order valence-electron chi connectivity index (χ4n) is 2.56. The average molecular weight is 288 g/mol. The molecule has 0 saturated carbocycles. The number of aryl methyl sites for hydroxylation is 1. The lowest BCUT2D eigenvalue weighted by atomic mass is 10.1. The maximum absolute atomic E-state index is 11.7. The zero-order chi connectivity index (χ0) is 13.2. The minimum Gasteiger partial charge on any atom is -0.354 e. The molecule has 0 spiro atoms. The van der Waals surface area contributed by atoms with E-state index in [0.29, 0.717) is 6.54 Å². The largest absolute Gasteiger partial charge is 0.354 e. The van der Waals surface area contributed by atoms with E-state index in [4.69, 9.17) is 0 Å². The van der Waals surface area contributed by atoms with Gasteiger partial charge < -0.3 is 4.57 Å². The molecule has 18 heavy (non-hydrogen) atoms. The molecule has 4 nitrogen and oxygen atoms in total. The van der Waals surface area contributed by atoms with Crippen molar-refractivity contribution in [2.24, 2.45) is 0 Å². The number of nitrogens with zero attached hydrogens (tertiary/aromatic N) is 2. The molecule has 0 N–H and O–H groups in total. The third-order valence-electron chi connectivity index (χ3n) is 3.39. The summed E-state index contributed by atoms with van der Waals surface area (Å²) in [5.74, 6) is 0. The first-order valence-electron chi connectivity index (χ1n) is 6.22. The van der Waals surface area contributed by atoms with Gasteiger partial charge >= 0.3 is 0 Å². The fraction of sp³-hybridized carbons (Fsp3) is 0.667. The van der Waals surface area contributed by atoms with Gasteiger partial charge in [0.1, 0.15) is 0 Å². The first-order chi connectivity index (χ1) is 8.47. The van der Waals surface area contributed by atoms with Crippen LogP contribution in [0.4, 0.5) is 0 Å². The van der Waals surface area contributed by atoms with Gasteiger partial charge in [0.25, 0.3) is 0 Å². The van der Waals surface area contributed by atoms with E-state index >= 15 is 0 Å². The third-order valence-corrected chi connectivity index (χ3v) is 5.06. The quantitative estimate of drug-likeness (QED) is 0.836. The molecule has 0 radical (unpaired) electrons. The Hall–Kier alpha value is -0.460. The van der Waals surface area contributed by atoms with Crippen LogP contribution in [0.5, 0.6) is 0 Å². The number of sulfonamides is 1. The zero-order valence-corrected chi connectivity index (χ0v) is 12.3. The van der Waals surface area contributed by atoms with Crippen LogP contribution in [0.25, 0.3) is 0 Å². The molecule has 1 aromatic heterocycles. The molecule has 102 valence electrons. The molecule has 0 bridgehead atoms. The zero-order valence-electron chi connectivity index (χ0n) is 10.6. The summed E-state index contributed by atoms with van der Waals surface area (Å²) < 4.78 is 27.1. The molecule has 2 unspecified atom stereocenters. The van der Waals surface area contributed by atoms with E-state index in [1.165, 1.54) is 6.26 Å². The Morgan fingerprint density at radius 1 is 1.33 bits per heavy atom. The van der Waals surface area contributed by atoms with Gasteiger partial charge in [-0.25, -0.2) is 8.42 Å². The Balaban J connectivity index is 1.87. The van der Waals surface area contributed by atoms with Crippen molar-refractivity contribution < 1.29 is 8.42 Å². The molecule has 0 amide bonds. The summed E-state index contributed by atoms with van der Waals surface area (Å²) in [7, 11) is -3.09. The van der Waals surface area contributed by atoms with E-state index in [1.54, 1.807) is 4.31 Å². The monoisotopic (exact) mass is 288 g/mol. The van der Waals surface area contributed by atoms with Crippen LogP contribution in [0.2, 0.25) is 0 Å². The highest BCUT2D eigenvalue weighted by molar-refractivity contribution is 7.88. The van der Waals surface area contributed by atoms with Gasteiger partial charge in [0.15, 0.2) is 0 Å². The minimum atomic E-state index is -3.09. The summed E-state index contributed by atoms with van der Waals surface area (Å²) in [6.07, 6.45) is 8.11. The summed E-state index contributed by atoms with van der Waals surface area (Å²) in [6, 6.07) is 4.13. The highest BCUT2D eigenvalue weighted by atomic mass is 32.2. The molecule has 1 saturated heterocycles. The second kappa shape index (κ2) is 5.67. The predicted molar refractivity (Wildman–Crippen MR) is 76.4 cm³/mol. The molecule has 1 aliphatic rings. The lowest BCUT2D eigenvalue weighted by Crippen LogP contribution is -2.35. The smallest absolute Gasteiger partial charge is 0.211 e. The third kappa shape index (κ3) is 3.52. The van der Waals surface area contributed by atoms with Gasteiger partial charge in [-0.15, -0.1) is 0 Å². The lowest BCUT2D eigenvalue weighted by Gasteiger charge is -2.21. The maximum Gasteiger partial charge on any atom is 0.211 e. The second-order valence-corrected chi connectivity index (χ2v) is 7.60. The molecular weight excluding hydrogens is 268 g/mol. The number of aromatic nitrogens is 1. The van der Waals surface area contributed by atoms with Crippen molar-refractivity contribution in [3.8, 4) is 0 Å². The van der Waals surface area contributed by atoms with Crippen LogP contribution in [0.1, 0.15) is 19.3 Å². The standard InChI is InChI=1S/C12H20N2O2S2/c1-18(15,16)14-10-12(17)9-11(14)5-4-8-13-6-2-3-7-13/h2-3,6-7,11-12,17H,4-5,8-10H2,1H3. The number of thiol groups is 1. The summed E-state index contributed by atoms with van der Waals surface area (Å²) in [5.41, 5.74) is 0. The molecule has 1 aliphatic heterocycles. The molecule has 1 aromatic rings. The molecule has 0 aliphatic carbocycles. The van der Waals surface area contributed by atoms with Gasteiger partial charge in [-0.2, -0.15) is 16.9 Å². The molecule has 2 atom stereocenters. The summed E-state index contributed by atoms with van der Waals surface area (Å²) >= 11 is 4.41. The minimum absolute atomic E-state index is 0.123. The molecule has 2 heterocycles. The first kappa shape index (κ1) is 14.0. The van der Waals surface area contributed by atoms with Crippen molar-refractivity contribution in [2.75, 3.05) is 12.8 Å². The van der Waals surface area contributed by atoms with E-state index in [2.05, 4.69) is 17.2 Å². The normalized spacial score (nSPS) is 25.7. The predicted octanol–water partition coefficient (Wildman–Crippen LogP) is 1.60. The second-order valence-electron chi connectivity index (χ2n) is 4.94. The Bertz CT molecular complexity index is 470. The van der Waals surface area contributed by atoms with Gasteiger partial charge in [-0.05, 0) is 31.4 Å². The highest BCUT2D eigenvalue weighted by Gasteiger charge is 2.35. The number of hydrogen-bond donors (Lipinski definition) is 1. The van der Waals surface area contributed by atoms with Gasteiger partial charge in [0.05, 0.1) is 6.26 Å². The van der Waals surface area contributed by atoms with Crippen molar-refractivity contribution in [1.29, 1.82) is 0 Å². The lowest BCUT2D eigenvalue weighted by molar-refractivity contribution is 0.360. The SMILES string of the molecule is CS(=O)(=O)N1CC(S)CC1CCCn1cccc1. The molecule has 2 rings (SSSR count). The Kier molecular flexibility index (Phi) is 4.40. The van der Waals surface area contributed by atoms with Crippen LogP contribution in [-0.4, -0.2) is 41.4 Å². The van der Waals surface area contributed by atoms with Crippen LogP contribution in [0.3, 0.4) is 0 Å². The van der Waals surface area contributed by atoms with Crippen molar-refractivity contribution in [3.63, 3.8) is 0 Å². The van der Waals surface area contributed by atoms with Crippen LogP contribution in [0, 0.1) is 0 Å². The van der Waals surface area contributed by atoms with Crippen molar-refractivity contribution in [3.05, 3.63) is 24.5 Å². The van der Waals surface area contributed by atoms with Crippen molar-refractivity contribution in [2.45, 2.75) is 37.1 Å². The van der Waals surface area contributed by atoms with Crippen LogP contribution < -0.4 is 0 Å². The summed E-state index contributed by atoms with van der Waals surface area (Å²) in [6.45, 7) is 1.49. The topological polar surface area (TPSA) is 42.3 Å². The van der Waals surface area contributed by atoms with E-state index in [-0.39, 0.29) is 11.3 Å². The van der Waals surface area contributed by atoms with Crippen LogP contribution >= 0.6 is 12.6 Å². The Morgan fingerprint density at radius 3 is 2.61 bits per heavy atom. The van der Waals surface area contributed by atoms with E-state index in [9.17, 15) is 8.42 Å². The molecule has 1 fully saturated rings. The van der Waals surface area contributed by atoms with Crippen molar-refractivity contribution in [1.82, 2.24) is 8.87 Å². The van der Waals surface area contributed by atoms with Gasteiger partial charge in [0.2, 0.25) is 10.0 Å². The molecule has 0 aromatic carbocycles.